The quantitative estimate of drug-likeness (QED) is 0.447. The van der Waals surface area contributed by atoms with Gasteiger partial charge >= 0.3 is 0 Å². The zero-order valence-corrected chi connectivity index (χ0v) is 6.34. The predicted octanol–water partition coefficient (Wildman–Crippen LogP) is 2.75. The van der Waals surface area contributed by atoms with Gasteiger partial charge in [-0.05, 0) is 49.4 Å². The number of hydrogen-bond donors (Lipinski definition) is 0. The van der Waals surface area contributed by atoms with E-state index in [0.29, 0.717) is 0 Å². The van der Waals surface area contributed by atoms with Crippen molar-refractivity contribution in [1.82, 2.24) is 0 Å². The van der Waals surface area contributed by atoms with E-state index in [-0.39, 0.29) is 0 Å². The van der Waals surface area contributed by atoms with Crippen LogP contribution in [0.1, 0.15) is 32.1 Å². The maximum Gasteiger partial charge on any atom is -0.0200 e. The Hall–Kier alpha value is -0.260. The van der Waals surface area contributed by atoms with Gasteiger partial charge in [0.15, 0.2) is 0 Å². The third kappa shape index (κ3) is 0.426. The Morgan fingerprint density at radius 1 is 1.20 bits per heavy atom. The molecule has 2 fully saturated rings. The smallest absolute Gasteiger partial charge is 0.0200 e. The Kier molecular flexibility index (Phi) is 0.805. The highest BCUT2D eigenvalue weighted by Gasteiger charge is 2.54. The predicted molar refractivity (Wildman–Crippen MR) is 41.6 cm³/mol. The summed E-state index contributed by atoms with van der Waals surface area (Å²) in [4.78, 5) is 0. The van der Waals surface area contributed by atoms with Crippen LogP contribution in [0.4, 0.5) is 0 Å². The van der Waals surface area contributed by atoms with E-state index in [1.807, 2.05) is 0 Å². The van der Waals surface area contributed by atoms with Crippen LogP contribution in [0, 0.1) is 17.3 Å². The molecule has 0 radical (unpaired) electrons. The molecule has 3 aliphatic rings. The van der Waals surface area contributed by atoms with E-state index >= 15 is 0 Å². The van der Waals surface area contributed by atoms with Crippen molar-refractivity contribution in [2.24, 2.45) is 17.3 Å². The summed E-state index contributed by atoms with van der Waals surface area (Å²) in [5.41, 5.74) is 0.847. The highest BCUT2D eigenvalue weighted by Crippen LogP contribution is 2.64. The summed E-state index contributed by atoms with van der Waals surface area (Å²) in [6.07, 6.45) is 12.4. The summed E-state index contributed by atoms with van der Waals surface area (Å²) < 4.78 is 0. The first-order valence-corrected chi connectivity index (χ1v) is 4.57. The molecule has 54 valence electrons. The first kappa shape index (κ1) is 5.40. The zero-order valence-electron chi connectivity index (χ0n) is 6.34. The molecular weight excluding hydrogens is 120 g/mol. The van der Waals surface area contributed by atoms with Gasteiger partial charge in [-0.15, -0.1) is 0 Å². The normalized spacial score (nSPS) is 56.0. The van der Waals surface area contributed by atoms with E-state index in [0.717, 1.165) is 17.3 Å². The maximum absolute atomic E-state index is 2.48. The molecule has 0 spiro atoms. The zero-order chi connectivity index (χ0) is 6.60. The van der Waals surface area contributed by atoms with Crippen LogP contribution in [-0.2, 0) is 0 Å². The van der Waals surface area contributed by atoms with Gasteiger partial charge in [-0.2, -0.15) is 0 Å². The van der Waals surface area contributed by atoms with Crippen molar-refractivity contribution in [2.75, 3.05) is 0 Å². The number of allylic oxidation sites excluding steroid dienone is 2. The molecule has 0 nitrogen and oxygen atoms in total. The summed E-state index contributed by atoms with van der Waals surface area (Å²) in [5, 5.41) is 0. The van der Waals surface area contributed by atoms with Crippen LogP contribution in [0.3, 0.4) is 0 Å². The van der Waals surface area contributed by atoms with Crippen molar-refractivity contribution >= 4 is 0 Å². The first-order chi connectivity index (χ1) is 4.91. The van der Waals surface area contributed by atoms with Gasteiger partial charge < -0.3 is 0 Å². The third-order valence-electron chi connectivity index (χ3n) is 4.14. The second-order valence-corrected chi connectivity index (χ2v) is 4.34. The first-order valence-electron chi connectivity index (χ1n) is 4.57. The van der Waals surface area contributed by atoms with E-state index in [1.165, 1.54) is 25.7 Å². The summed E-state index contributed by atoms with van der Waals surface area (Å²) in [6, 6.07) is 0. The molecule has 0 heterocycles. The average molecular weight is 134 g/mol. The molecule has 0 saturated heterocycles. The summed E-state index contributed by atoms with van der Waals surface area (Å²) >= 11 is 0. The molecule has 2 bridgehead atoms. The Bertz CT molecular complexity index is 192. The van der Waals surface area contributed by atoms with Crippen molar-refractivity contribution in [3.63, 3.8) is 0 Å². The fourth-order valence-corrected chi connectivity index (χ4v) is 3.42. The van der Waals surface area contributed by atoms with E-state index in [2.05, 4.69) is 12.2 Å². The van der Waals surface area contributed by atoms with Crippen LogP contribution < -0.4 is 0 Å². The minimum absolute atomic E-state index is 0.847. The molecule has 0 aromatic rings. The van der Waals surface area contributed by atoms with E-state index < -0.39 is 0 Å². The second kappa shape index (κ2) is 1.49. The van der Waals surface area contributed by atoms with Gasteiger partial charge in [-0.25, -0.2) is 0 Å². The lowest BCUT2D eigenvalue weighted by atomic mass is 9.57. The van der Waals surface area contributed by atoms with Crippen LogP contribution >= 0.6 is 0 Å². The second-order valence-electron chi connectivity index (χ2n) is 4.34. The molecule has 0 heteroatoms. The fourth-order valence-electron chi connectivity index (χ4n) is 3.42. The van der Waals surface area contributed by atoms with Gasteiger partial charge in [-0.3, -0.25) is 0 Å². The highest BCUT2D eigenvalue weighted by atomic mass is 14.6. The standard InChI is InChI=1S/C10H14/c1-2-8-3-6-10(5-1)7-4-9(8)10/h1-2,8-9H,3-7H2. The lowest BCUT2D eigenvalue weighted by Gasteiger charge is -2.48. The molecule has 10 heavy (non-hydrogen) atoms. The number of hydrogen-bond acceptors (Lipinski definition) is 0. The highest BCUT2D eigenvalue weighted by molar-refractivity contribution is 5.15. The van der Waals surface area contributed by atoms with E-state index in [1.54, 1.807) is 6.42 Å². The number of rotatable bonds is 0. The van der Waals surface area contributed by atoms with Crippen LogP contribution in [0.5, 0.6) is 0 Å². The monoisotopic (exact) mass is 134 g/mol. The Labute approximate surface area is 62.3 Å². The molecule has 3 unspecified atom stereocenters. The van der Waals surface area contributed by atoms with E-state index in [4.69, 9.17) is 0 Å². The Balaban J connectivity index is 2.05. The molecule has 0 aromatic heterocycles. The minimum Gasteiger partial charge on any atom is -0.0877 e. The van der Waals surface area contributed by atoms with Crippen LogP contribution in [-0.4, -0.2) is 0 Å². The van der Waals surface area contributed by atoms with Crippen LogP contribution in [0.2, 0.25) is 0 Å². The van der Waals surface area contributed by atoms with Gasteiger partial charge in [0.25, 0.3) is 0 Å². The minimum atomic E-state index is 0.847. The summed E-state index contributed by atoms with van der Waals surface area (Å²) in [6.45, 7) is 0. The van der Waals surface area contributed by atoms with Crippen molar-refractivity contribution in [3.05, 3.63) is 12.2 Å². The van der Waals surface area contributed by atoms with Gasteiger partial charge in [0.1, 0.15) is 0 Å². The van der Waals surface area contributed by atoms with Crippen LogP contribution in [0.25, 0.3) is 0 Å². The molecule has 3 atom stereocenters. The molecule has 3 aliphatic carbocycles. The van der Waals surface area contributed by atoms with Gasteiger partial charge in [-0.1, -0.05) is 12.2 Å². The average Bonchev–Trinajstić information content (AvgIpc) is 2.15. The van der Waals surface area contributed by atoms with Gasteiger partial charge in [0, 0.05) is 0 Å². The topological polar surface area (TPSA) is 0 Å². The lowest BCUT2D eigenvalue weighted by Crippen LogP contribution is -2.39. The summed E-state index contributed by atoms with van der Waals surface area (Å²) in [7, 11) is 0. The van der Waals surface area contributed by atoms with Gasteiger partial charge in [0.05, 0.1) is 0 Å². The van der Waals surface area contributed by atoms with Gasteiger partial charge in [0.2, 0.25) is 0 Å². The van der Waals surface area contributed by atoms with Crippen molar-refractivity contribution in [2.45, 2.75) is 32.1 Å². The fraction of sp³-hybridized carbons (Fsp3) is 0.800. The molecule has 0 amide bonds. The van der Waals surface area contributed by atoms with Crippen molar-refractivity contribution in [3.8, 4) is 0 Å². The molecule has 0 aliphatic heterocycles. The molecule has 2 saturated carbocycles. The Morgan fingerprint density at radius 2 is 2.10 bits per heavy atom. The summed E-state index contributed by atoms with van der Waals surface area (Å²) in [5.74, 6) is 2.12. The van der Waals surface area contributed by atoms with Crippen LogP contribution in [0.15, 0.2) is 12.2 Å². The third-order valence-corrected chi connectivity index (χ3v) is 4.14. The van der Waals surface area contributed by atoms with Crippen molar-refractivity contribution < 1.29 is 0 Å². The molecule has 0 aromatic carbocycles. The largest absolute Gasteiger partial charge is 0.0877 e. The molecule has 3 rings (SSSR count). The SMILES string of the molecule is C1=CC2CCC3(C1)CCC23. The van der Waals surface area contributed by atoms with Crippen molar-refractivity contribution in [1.29, 1.82) is 0 Å². The lowest BCUT2D eigenvalue weighted by molar-refractivity contribution is 0.0451. The maximum atomic E-state index is 2.48. The Morgan fingerprint density at radius 3 is 2.70 bits per heavy atom. The van der Waals surface area contributed by atoms with E-state index in [9.17, 15) is 0 Å². The molecule has 0 N–H and O–H groups in total. The molecular formula is C10H14.